The number of hydrogen-bond acceptors (Lipinski definition) is 5. The Balaban J connectivity index is 1.49. The van der Waals surface area contributed by atoms with Crippen molar-refractivity contribution in [3.63, 3.8) is 0 Å². The van der Waals surface area contributed by atoms with Gasteiger partial charge in [-0.25, -0.2) is 4.79 Å². The molecule has 1 aromatic carbocycles. The third-order valence-electron chi connectivity index (χ3n) is 9.22. The summed E-state index contributed by atoms with van der Waals surface area (Å²) in [6.45, 7) is 5.14. The van der Waals surface area contributed by atoms with E-state index in [1.807, 2.05) is 11.8 Å². The number of halogens is 3. The molecule has 0 bridgehead atoms. The molecule has 3 N–H and O–H groups in total. The number of aliphatic hydroxyl groups is 2. The van der Waals surface area contributed by atoms with Crippen molar-refractivity contribution in [2.24, 2.45) is 22.7 Å². The standard InChI is InChI=1S/C27H37F3N2O5/c1-25-11-10-22(37-24(36)31-18-7-5-6-17(14-18)27(28,29)30)26(2,16-33)21(25)9-8-20(34)19(25)15-23(35)32-12-3-4-13-32/h5-7,14,19-22,33-34H,3-4,8-13,15-16H2,1-2H3,(H,31,36)/t19-,20-,21+,22-,25+,26+/m1/s1. The highest BCUT2D eigenvalue weighted by atomic mass is 19.4. The molecule has 0 unspecified atom stereocenters. The Bertz CT molecular complexity index is 998. The number of benzene rings is 1. The van der Waals surface area contributed by atoms with Gasteiger partial charge in [0.05, 0.1) is 18.3 Å². The van der Waals surface area contributed by atoms with Gasteiger partial charge in [-0.1, -0.05) is 19.9 Å². The molecule has 3 aliphatic rings. The van der Waals surface area contributed by atoms with Crippen LogP contribution in [-0.4, -0.2) is 59.0 Å². The molecule has 0 aromatic heterocycles. The minimum Gasteiger partial charge on any atom is -0.445 e. The van der Waals surface area contributed by atoms with Crippen LogP contribution in [0.15, 0.2) is 24.3 Å². The van der Waals surface area contributed by atoms with E-state index in [1.165, 1.54) is 12.1 Å². The van der Waals surface area contributed by atoms with Gasteiger partial charge in [0, 0.05) is 30.6 Å². The maximum absolute atomic E-state index is 13.0. The van der Waals surface area contributed by atoms with Crippen LogP contribution in [0.2, 0.25) is 0 Å². The number of ether oxygens (including phenoxy) is 1. The fourth-order valence-corrected chi connectivity index (χ4v) is 7.11. The van der Waals surface area contributed by atoms with Crippen molar-refractivity contribution in [3.8, 4) is 0 Å². The molecular formula is C27H37F3N2O5. The van der Waals surface area contributed by atoms with E-state index in [0.29, 0.717) is 25.7 Å². The van der Waals surface area contributed by atoms with Gasteiger partial charge < -0.3 is 19.8 Å². The second-order valence-electron chi connectivity index (χ2n) is 11.4. The Morgan fingerprint density at radius 3 is 2.51 bits per heavy atom. The number of aliphatic hydroxyl groups excluding tert-OH is 2. The maximum Gasteiger partial charge on any atom is 0.416 e. The van der Waals surface area contributed by atoms with Gasteiger partial charge in [-0.15, -0.1) is 0 Å². The Morgan fingerprint density at radius 1 is 1.16 bits per heavy atom. The van der Waals surface area contributed by atoms with Gasteiger partial charge in [-0.05, 0) is 74.0 Å². The largest absolute Gasteiger partial charge is 0.445 e. The number of nitrogens with one attached hydrogen (secondary N) is 1. The number of amides is 2. The van der Waals surface area contributed by atoms with Gasteiger partial charge in [-0.2, -0.15) is 13.2 Å². The van der Waals surface area contributed by atoms with Crippen LogP contribution in [0.5, 0.6) is 0 Å². The number of carbonyl (C=O) groups is 2. The molecule has 0 spiro atoms. The highest BCUT2D eigenvalue weighted by molar-refractivity contribution is 5.84. The Kier molecular flexibility index (Phi) is 7.82. The zero-order valence-corrected chi connectivity index (χ0v) is 21.4. The highest BCUT2D eigenvalue weighted by Crippen LogP contribution is 2.61. The predicted octanol–water partition coefficient (Wildman–Crippen LogP) is 4.82. The first-order valence-electron chi connectivity index (χ1n) is 13.1. The summed E-state index contributed by atoms with van der Waals surface area (Å²) in [7, 11) is 0. The number of fused-ring (bicyclic) bond motifs is 1. The molecule has 2 amide bonds. The predicted molar refractivity (Wildman–Crippen MR) is 131 cm³/mol. The lowest BCUT2D eigenvalue weighted by molar-refractivity contribution is -0.186. The first kappa shape index (κ1) is 27.7. The van der Waals surface area contributed by atoms with Crippen molar-refractivity contribution >= 4 is 17.7 Å². The molecule has 1 saturated heterocycles. The minimum atomic E-state index is -4.54. The first-order valence-corrected chi connectivity index (χ1v) is 13.1. The molecule has 206 valence electrons. The summed E-state index contributed by atoms with van der Waals surface area (Å²) in [4.78, 5) is 27.6. The van der Waals surface area contributed by atoms with Gasteiger partial charge in [0.25, 0.3) is 0 Å². The molecule has 10 heteroatoms. The van der Waals surface area contributed by atoms with E-state index >= 15 is 0 Å². The van der Waals surface area contributed by atoms with Crippen LogP contribution in [-0.2, 0) is 15.7 Å². The summed E-state index contributed by atoms with van der Waals surface area (Å²) >= 11 is 0. The van der Waals surface area contributed by atoms with Crippen molar-refractivity contribution in [1.82, 2.24) is 4.90 Å². The van der Waals surface area contributed by atoms with E-state index in [4.69, 9.17) is 4.74 Å². The van der Waals surface area contributed by atoms with Gasteiger partial charge in [0.2, 0.25) is 5.91 Å². The van der Waals surface area contributed by atoms with Crippen molar-refractivity contribution in [2.45, 2.75) is 77.2 Å². The molecule has 2 aliphatic carbocycles. The number of likely N-dealkylation sites (tertiary alicyclic amines) is 1. The quantitative estimate of drug-likeness (QED) is 0.511. The number of alkyl halides is 3. The number of hydrogen-bond donors (Lipinski definition) is 3. The van der Waals surface area contributed by atoms with Gasteiger partial charge in [0.15, 0.2) is 0 Å². The Labute approximate surface area is 215 Å². The molecule has 0 radical (unpaired) electrons. The van der Waals surface area contributed by atoms with E-state index in [-0.39, 0.29) is 36.5 Å². The van der Waals surface area contributed by atoms with Crippen LogP contribution in [0, 0.1) is 22.7 Å². The molecule has 1 aromatic rings. The molecule has 4 rings (SSSR count). The normalized spacial score (nSPS) is 34.1. The SMILES string of the molecule is C[C@]1(CO)[C@H]2CC[C@@H](O)[C@@H](CC(=O)N3CCCC3)[C@]2(C)CC[C@H]1OC(=O)Nc1cccc(C(F)(F)F)c1. The lowest BCUT2D eigenvalue weighted by Gasteiger charge is -2.60. The first-order chi connectivity index (χ1) is 17.4. The average molecular weight is 527 g/mol. The van der Waals surface area contributed by atoms with Crippen LogP contribution >= 0.6 is 0 Å². The number of rotatable bonds is 5. The van der Waals surface area contributed by atoms with Crippen LogP contribution in [0.1, 0.15) is 64.4 Å². The van der Waals surface area contributed by atoms with Crippen LogP contribution in [0.3, 0.4) is 0 Å². The third-order valence-corrected chi connectivity index (χ3v) is 9.22. The summed E-state index contributed by atoms with van der Waals surface area (Å²) in [5, 5.41) is 23.9. The molecule has 1 heterocycles. The monoisotopic (exact) mass is 526 g/mol. The molecule has 1 aliphatic heterocycles. The van der Waals surface area contributed by atoms with E-state index in [9.17, 15) is 33.0 Å². The van der Waals surface area contributed by atoms with Crippen LogP contribution in [0.4, 0.5) is 23.7 Å². The second-order valence-corrected chi connectivity index (χ2v) is 11.4. The van der Waals surface area contributed by atoms with Crippen molar-refractivity contribution in [2.75, 3.05) is 25.0 Å². The van der Waals surface area contributed by atoms with Crippen molar-refractivity contribution < 1.29 is 37.7 Å². The second kappa shape index (κ2) is 10.4. The summed E-state index contributed by atoms with van der Waals surface area (Å²) in [6, 6.07) is 4.32. The topological polar surface area (TPSA) is 99.1 Å². The molecule has 3 fully saturated rings. The molecule has 2 saturated carbocycles. The molecule has 6 atom stereocenters. The smallest absolute Gasteiger partial charge is 0.416 e. The number of carbonyl (C=O) groups excluding carboxylic acids is 2. The summed E-state index contributed by atoms with van der Waals surface area (Å²) in [5.41, 5.74) is -2.20. The van der Waals surface area contributed by atoms with Gasteiger partial charge >= 0.3 is 12.3 Å². The number of nitrogens with zero attached hydrogens (tertiary/aromatic N) is 1. The van der Waals surface area contributed by atoms with Gasteiger partial charge in [0.1, 0.15) is 6.10 Å². The van der Waals surface area contributed by atoms with E-state index in [2.05, 4.69) is 12.2 Å². The molecule has 37 heavy (non-hydrogen) atoms. The lowest BCUT2D eigenvalue weighted by atomic mass is 9.46. The van der Waals surface area contributed by atoms with E-state index in [0.717, 1.165) is 38.1 Å². The minimum absolute atomic E-state index is 0.0348. The fraction of sp³-hybridized carbons (Fsp3) is 0.704. The average Bonchev–Trinajstić information content (AvgIpc) is 3.38. The van der Waals surface area contributed by atoms with E-state index in [1.54, 1.807) is 0 Å². The van der Waals surface area contributed by atoms with Crippen LogP contribution < -0.4 is 5.32 Å². The fourth-order valence-electron chi connectivity index (χ4n) is 7.11. The zero-order chi connectivity index (χ0) is 27.0. The third kappa shape index (κ3) is 5.46. The molecule has 7 nitrogen and oxygen atoms in total. The summed E-state index contributed by atoms with van der Waals surface area (Å²) < 4.78 is 44.8. The maximum atomic E-state index is 13.0. The zero-order valence-electron chi connectivity index (χ0n) is 21.4. The molecular weight excluding hydrogens is 489 g/mol. The highest BCUT2D eigenvalue weighted by Gasteiger charge is 2.60. The lowest BCUT2D eigenvalue weighted by Crippen LogP contribution is -2.61. The summed E-state index contributed by atoms with van der Waals surface area (Å²) in [6.07, 6.45) is -2.42. The number of anilines is 1. The van der Waals surface area contributed by atoms with Crippen molar-refractivity contribution in [3.05, 3.63) is 29.8 Å². The Morgan fingerprint density at radius 2 is 1.86 bits per heavy atom. The Hall–Kier alpha value is -2.33. The summed E-state index contributed by atoms with van der Waals surface area (Å²) in [5.74, 6) is -0.344. The van der Waals surface area contributed by atoms with Crippen LogP contribution in [0.25, 0.3) is 0 Å². The van der Waals surface area contributed by atoms with Crippen molar-refractivity contribution in [1.29, 1.82) is 0 Å². The van der Waals surface area contributed by atoms with Gasteiger partial charge in [-0.3, -0.25) is 10.1 Å². The van der Waals surface area contributed by atoms with E-state index < -0.39 is 40.9 Å².